The molecule has 2 rings (SSSR count). The second kappa shape index (κ2) is 3.21. The van der Waals surface area contributed by atoms with E-state index in [0.717, 1.165) is 22.3 Å². The Morgan fingerprint density at radius 3 is 2.79 bits per heavy atom. The Hall–Kier alpha value is -1.71. The first-order chi connectivity index (χ1) is 6.77. The van der Waals surface area contributed by atoms with Gasteiger partial charge in [0.05, 0.1) is 18.7 Å². The van der Waals surface area contributed by atoms with Crippen molar-refractivity contribution in [2.45, 2.75) is 6.92 Å². The zero-order chi connectivity index (χ0) is 10.1. The summed E-state index contributed by atoms with van der Waals surface area (Å²) in [6.45, 7) is 2.02. The van der Waals surface area contributed by atoms with Crippen molar-refractivity contribution in [3.63, 3.8) is 0 Å². The number of nitrogens with zero attached hydrogens (tertiary/aromatic N) is 1. The Morgan fingerprint density at radius 2 is 2.14 bits per heavy atom. The normalized spacial score (nSPS) is 10.5. The molecule has 74 valence electrons. The average molecular weight is 193 g/mol. The largest absolute Gasteiger partial charge is 0.493 e. The maximum absolute atomic E-state index is 5.25. The van der Waals surface area contributed by atoms with Crippen LogP contribution in [0.4, 0.5) is 0 Å². The van der Waals surface area contributed by atoms with Gasteiger partial charge in [-0.2, -0.15) is 0 Å². The monoisotopic (exact) mass is 193 g/mol. The van der Waals surface area contributed by atoms with Crippen molar-refractivity contribution < 1.29 is 14.3 Å². The molecule has 0 saturated carbocycles. The highest BCUT2D eigenvalue weighted by atomic mass is 16.6. The van der Waals surface area contributed by atoms with Crippen LogP contribution in [0.25, 0.3) is 11.0 Å². The summed E-state index contributed by atoms with van der Waals surface area (Å²) in [6, 6.07) is 2.00. The van der Waals surface area contributed by atoms with E-state index in [9.17, 15) is 0 Å². The molecule has 14 heavy (non-hydrogen) atoms. The second-order valence-electron chi connectivity index (χ2n) is 3.07. The number of aromatic nitrogens is 2. The van der Waals surface area contributed by atoms with Crippen LogP contribution in [0.3, 0.4) is 0 Å². The summed E-state index contributed by atoms with van der Waals surface area (Å²) in [5.74, 6) is 0.818. The maximum atomic E-state index is 5.25. The quantitative estimate of drug-likeness (QED) is 0.717. The Morgan fingerprint density at radius 1 is 1.36 bits per heavy atom. The molecule has 0 saturated heterocycles. The number of aromatic amines is 1. The number of fused-ring (bicyclic) bond motifs is 1. The van der Waals surface area contributed by atoms with Crippen LogP contribution in [0.1, 0.15) is 5.56 Å². The molecule has 2 aromatic heterocycles. The molecule has 0 aromatic carbocycles. The number of rotatable bonds is 2. The molecular weight excluding hydrogens is 180 g/mol. The van der Waals surface area contributed by atoms with Gasteiger partial charge in [0.15, 0.2) is 11.9 Å². The van der Waals surface area contributed by atoms with Gasteiger partial charge < -0.3 is 9.57 Å². The van der Waals surface area contributed by atoms with Crippen molar-refractivity contribution in [1.82, 2.24) is 4.98 Å². The van der Waals surface area contributed by atoms with Gasteiger partial charge in [-0.05, 0) is 17.7 Å². The van der Waals surface area contributed by atoms with Crippen LogP contribution >= 0.6 is 0 Å². The van der Waals surface area contributed by atoms with Gasteiger partial charge in [-0.1, -0.05) is 0 Å². The van der Waals surface area contributed by atoms with Crippen molar-refractivity contribution >= 4 is 11.0 Å². The zero-order valence-electron chi connectivity index (χ0n) is 8.50. The summed E-state index contributed by atoms with van der Waals surface area (Å²) >= 11 is 0. The molecule has 0 aliphatic carbocycles. The minimum atomic E-state index is 0.818. The Bertz CT molecular complexity index is 462. The molecule has 0 aliphatic rings. The summed E-state index contributed by atoms with van der Waals surface area (Å²) in [5.41, 5.74) is 2.04. The van der Waals surface area contributed by atoms with Gasteiger partial charge in [-0.25, -0.2) is 4.98 Å². The summed E-state index contributed by atoms with van der Waals surface area (Å²) in [5, 5.41) is 1.10. The first-order valence-corrected chi connectivity index (χ1v) is 4.38. The van der Waals surface area contributed by atoms with Crippen LogP contribution in [0.5, 0.6) is 5.75 Å². The Labute approximate surface area is 82.0 Å². The molecule has 0 unspecified atom stereocenters. The molecule has 0 radical (unpaired) electrons. The van der Waals surface area contributed by atoms with E-state index in [2.05, 4.69) is 4.98 Å². The van der Waals surface area contributed by atoms with Crippen molar-refractivity contribution in [2.75, 3.05) is 14.2 Å². The minimum absolute atomic E-state index is 0.818. The molecule has 0 fully saturated rings. The van der Waals surface area contributed by atoms with Gasteiger partial charge >= 0.3 is 5.65 Å². The lowest BCUT2D eigenvalue weighted by molar-refractivity contribution is -0.866. The van der Waals surface area contributed by atoms with Crippen LogP contribution in [-0.4, -0.2) is 19.2 Å². The third-order valence-corrected chi connectivity index (χ3v) is 2.37. The molecular formula is C10H13N2O2+. The van der Waals surface area contributed by atoms with Gasteiger partial charge in [0.25, 0.3) is 0 Å². The number of nitrogens with one attached hydrogen (secondary N) is 1. The van der Waals surface area contributed by atoms with Gasteiger partial charge in [0, 0.05) is 5.56 Å². The number of hydrogen-bond donors (Lipinski definition) is 1. The lowest BCUT2D eigenvalue weighted by Crippen LogP contribution is -2.41. The number of hydrogen-bond acceptors (Lipinski definition) is 2. The highest BCUT2D eigenvalue weighted by Gasteiger charge is 2.15. The van der Waals surface area contributed by atoms with E-state index in [1.54, 1.807) is 19.0 Å². The molecule has 2 aromatic rings. The van der Waals surface area contributed by atoms with E-state index in [1.165, 1.54) is 0 Å². The maximum Gasteiger partial charge on any atom is 0.326 e. The van der Waals surface area contributed by atoms with Gasteiger partial charge in [0.2, 0.25) is 0 Å². The van der Waals surface area contributed by atoms with Gasteiger partial charge in [-0.3, -0.25) is 0 Å². The molecule has 0 aliphatic heterocycles. The fraction of sp³-hybridized carbons (Fsp3) is 0.300. The van der Waals surface area contributed by atoms with Crippen LogP contribution in [0, 0.1) is 6.92 Å². The molecule has 0 atom stereocenters. The van der Waals surface area contributed by atoms with Gasteiger partial charge in [-0.15, -0.1) is 0 Å². The average Bonchev–Trinajstić information content (AvgIpc) is 2.68. The number of H-pyrrole nitrogens is 1. The van der Waals surface area contributed by atoms with Crippen molar-refractivity contribution in [3.05, 3.63) is 24.0 Å². The molecule has 4 nitrogen and oxygen atoms in total. The number of ether oxygens (including phenoxy) is 1. The predicted octanol–water partition coefficient (Wildman–Crippen LogP) is 0.831. The fourth-order valence-corrected chi connectivity index (χ4v) is 1.60. The van der Waals surface area contributed by atoms with Crippen LogP contribution < -0.4 is 14.3 Å². The van der Waals surface area contributed by atoms with E-state index < -0.39 is 0 Å². The number of aryl methyl sites for hydroxylation is 1. The highest BCUT2D eigenvalue weighted by molar-refractivity contribution is 5.78. The molecule has 0 spiro atoms. The van der Waals surface area contributed by atoms with Crippen molar-refractivity contribution in [1.29, 1.82) is 0 Å². The zero-order valence-corrected chi connectivity index (χ0v) is 8.50. The van der Waals surface area contributed by atoms with Crippen LogP contribution in [0.2, 0.25) is 0 Å². The minimum Gasteiger partial charge on any atom is -0.493 e. The summed E-state index contributed by atoms with van der Waals surface area (Å²) in [6.07, 6.45) is 3.70. The Balaban J connectivity index is 2.80. The van der Waals surface area contributed by atoms with Crippen LogP contribution in [0.15, 0.2) is 18.5 Å². The van der Waals surface area contributed by atoms with E-state index in [1.807, 2.05) is 25.4 Å². The first-order valence-electron chi connectivity index (χ1n) is 4.38. The molecule has 4 heteroatoms. The third-order valence-electron chi connectivity index (χ3n) is 2.37. The first kappa shape index (κ1) is 8.87. The smallest absolute Gasteiger partial charge is 0.326 e. The molecule has 0 bridgehead atoms. The number of pyridine rings is 1. The summed E-state index contributed by atoms with van der Waals surface area (Å²) < 4.78 is 6.90. The lowest BCUT2D eigenvalue weighted by Gasteiger charge is -2.05. The van der Waals surface area contributed by atoms with Crippen LogP contribution in [-0.2, 0) is 0 Å². The molecule has 1 N–H and O–H groups in total. The Kier molecular flexibility index (Phi) is 2.04. The summed E-state index contributed by atoms with van der Waals surface area (Å²) in [4.78, 5) is 8.30. The molecule has 2 heterocycles. The SMILES string of the molecule is COc1c[n+](OC)c2[nH]ccc2c1C. The molecule has 0 amide bonds. The lowest BCUT2D eigenvalue weighted by atomic mass is 10.2. The van der Waals surface area contributed by atoms with E-state index in [4.69, 9.17) is 9.57 Å². The summed E-state index contributed by atoms with van der Waals surface area (Å²) in [7, 11) is 3.27. The van der Waals surface area contributed by atoms with Crippen molar-refractivity contribution in [2.24, 2.45) is 0 Å². The topological polar surface area (TPSA) is 38.1 Å². The third kappa shape index (κ3) is 1.11. The standard InChI is InChI=1S/C10H12N2O2/c1-7-8-4-5-11-10(8)12(14-3)6-9(7)13-2/h4-6H,1-3H3/p+1. The van der Waals surface area contributed by atoms with Crippen molar-refractivity contribution in [3.8, 4) is 5.75 Å². The van der Waals surface area contributed by atoms with E-state index in [-0.39, 0.29) is 0 Å². The van der Waals surface area contributed by atoms with E-state index in [0.29, 0.717) is 0 Å². The van der Waals surface area contributed by atoms with Gasteiger partial charge in [0.1, 0.15) is 7.11 Å². The number of methoxy groups -OCH3 is 1. The fourth-order valence-electron chi connectivity index (χ4n) is 1.60. The second-order valence-corrected chi connectivity index (χ2v) is 3.07. The highest BCUT2D eigenvalue weighted by Crippen LogP contribution is 2.22. The van der Waals surface area contributed by atoms with E-state index >= 15 is 0 Å². The predicted molar refractivity (Wildman–Crippen MR) is 52.3 cm³/mol.